The lowest BCUT2D eigenvalue weighted by Gasteiger charge is -2.15. The SMILES string of the molecule is Cc1cc(N)cc(C)c1S(=O)(=O)NCCC1=CCCCC1. The van der Waals surface area contributed by atoms with Crippen LogP contribution in [0.3, 0.4) is 0 Å². The van der Waals surface area contributed by atoms with E-state index in [1.165, 1.54) is 18.4 Å². The molecule has 0 bridgehead atoms. The first-order chi connectivity index (χ1) is 9.90. The molecular formula is C16H24N2O2S. The van der Waals surface area contributed by atoms with Crippen molar-refractivity contribution in [3.8, 4) is 0 Å². The average molecular weight is 308 g/mol. The Labute approximate surface area is 127 Å². The molecular weight excluding hydrogens is 284 g/mol. The molecule has 1 aromatic carbocycles. The Morgan fingerprint density at radius 2 is 1.86 bits per heavy atom. The number of hydrogen-bond donors (Lipinski definition) is 2. The zero-order valence-electron chi connectivity index (χ0n) is 12.8. The van der Waals surface area contributed by atoms with Gasteiger partial charge < -0.3 is 5.73 Å². The zero-order chi connectivity index (χ0) is 15.5. The summed E-state index contributed by atoms with van der Waals surface area (Å²) < 4.78 is 27.6. The van der Waals surface area contributed by atoms with Gasteiger partial charge in [0.15, 0.2) is 0 Å². The highest BCUT2D eigenvalue weighted by Crippen LogP contribution is 2.23. The molecule has 0 unspecified atom stereocenters. The van der Waals surface area contributed by atoms with Crippen LogP contribution in [-0.2, 0) is 10.0 Å². The maximum Gasteiger partial charge on any atom is 0.241 e. The molecule has 0 saturated heterocycles. The number of anilines is 1. The lowest BCUT2D eigenvalue weighted by molar-refractivity contribution is 0.578. The molecule has 1 aliphatic carbocycles. The van der Waals surface area contributed by atoms with E-state index in [1.807, 2.05) is 0 Å². The first-order valence-electron chi connectivity index (χ1n) is 7.44. The second-order valence-electron chi connectivity index (χ2n) is 5.74. The van der Waals surface area contributed by atoms with Crippen LogP contribution in [0.2, 0.25) is 0 Å². The van der Waals surface area contributed by atoms with Gasteiger partial charge in [-0.05, 0) is 69.2 Å². The topological polar surface area (TPSA) is 72.2 Å². The number of hydrogen-bond acceptors (Lipinski definition) is 3. The van der Waals surface area contributed by atoms with Crippen LogP contribution in [0.15, 0.2) is 28.7 Å². The summed E-state index contributed by atoms with van der Waals surface area (Å²) >= 11 is 0. The van der Waals surface area contributed by atoms with E-state index in [1.54, 1.807) is 26.0 Å². The molecule has 116 valence electrons. The number of allylic oxidation sites excluding steroid dienone is 1. The average Bonchev–Trinajstić information content (AvgIpc) is 2.38. The third kappa shape index (κ3) is 4.08. The van der Waals surface area contributed by atoms with Gasteiger partial charge in [-0.15, -0.1) is 0 Å². The fraction of sp³-hybridized carbons (Fsp3) is 0.500. The first kappa shape index (κ1) is 16.0. The summed E-state index contributed by atoms with van der Waals surface area (Å²) in [5.41, 5.74) is 9.09. The molecule has 0 amide bonds. The van der Waals surface area contributed by atoms with Crippen LogP contribution in [0, 0.1) is 13.8 Å². The van der Waals surface area contributed by atoms with Gasteiger partial charge in [-0.2, -0.15) is 0 Å². The Hall–Kier alpha value is -1.33. The Balaban J connectivity index is 2.07. The summed E-state index contributed by atoms with van der Waals surface area (Å²) in [4.78, 5) is 0.356. The molecule has 1 aromatic rings. The maximum atomic E-state index is 12.5. The van der Waals surface area contributed by atoms with E-state index in [2.05, 4.69) is 10.8 Å². The van der Waals surface area contributed by atoms with E-state index in [9.17, 15) is 8.42 Å². The Morgan fingerprint density at radius 1 is 1.19 bits per heavy atom. The van der Waals surface area contributed by atoms with Crippen molar-refractivity contribution < 1.29 is 8.42 Å². The normalized spacial score (nSPS) is 15.8. The molecule has 1 aliphatic rings. The monoisotopic (exact) mass is 308 g/mol. The molecule has 21 heavy (non-hydrogen) atoms. The third-order valence-corrected chi connectivity index (χ3v) is 5.64. The lowest BCUT2D eigenvalue weighted by atomic mass is 9.97. The molecule has 0 heterocycles. The van der Waals surface area contributed by atoms with Gasteiger partial charge in [0.1, 0.15) is 0 Å². The van der Waals surface area contributed by atoms with Gasteiger partial charge >= 0.3 is 0 Å². The number of nitrogens with two attached hydrogens (primary N) is 1. The maximum absolute atomic E-state index is 12.5. The third-order valence-electron chi connectivity index (χ3n) is 3.87. The summed E-state index contributed by atoms with van der Waals surface area (Å²) in [5.74, 6) is 0. The van der Waals surface area contributed by atoms with Crippen molar-refractivity contribution in [1.29, 1.82) is 0 Å². The Kier molecular flexibility index (Phi) is 5.06. The molecule has 0 saturated carbocycles. The smallest absolute Gasteiger partial charge is 0.241 e. The van der Waals surface area contributed by atoms with Crippen molar-refractivity contribution in [2.75, 3.05) is 12.3 Å². The van der Waals surface area contributed by atoms with Crippen molar-refractivity contribution in [3.05, 3.63) is 34.9 Å². The molecule has 0 spiro atoms. The zero-order valence-corrected chi connectivity index (χ0v) is 13.6. The van der Waals surface area contributed by atoms with Crippen LogP contribution in [0.4, 0.5) is 5.69 Å². The molecule has 0 atom stereocenters. The first-order valence-corrected chi connectivity index (χ1v) is 8.93. The van der Waals surface area contributed by atoms with E-state index in [4.69, 9.17) is 5.73 Å². The predicted molar refractivity (Wildman–Crippen MR) is 86.7 cm³/mol. The lowest BCUT2D eigenvalue weighted by Crippen LogP contribution is -2.26. The number of nitrogen functional groups attached to an aromatic ring is 1. The van der Waals surface area contributed by atoms with Crippen molar-refractivity contribution in [2.24, 2.45) is 0 Å². The van der Waals surface area contributed by atoms with E-state index in [-0.39, 0.29) is 0 Å². The molecule has 3 N–H and O–H groups in total. The second kappa shape index (κ2) is 6.62. The van der Waals surface area contributed by atoms with Crippen molar-refractivity contribution in [3.63, 3.8) is 0 Å². The fourth-order valence-electron chi connectivity index (χ4n) is 2.96. The minimum Gasteiger partial charge on any atom is -0.399 e. The summed E-state index contributed by atoms with van der Waals surface area (Å²) in [6, 6.07) is 3.40. The van der Waals surface area contributed by atoms with Crippen LogP contribution in [-0.4, -0.2) is 15.0 Å². The van der Waals surface area contributed by atoms with Crippen molar-refractivity contribution in [2.45, 2.75) is 50.8 Å². The van der Waals surface area contributed by atoms with Gasteiger partial charge in [-0.25, -0.2) is 13.1 Å². The highest BCUT2D eigenvalue weighted by molar-refractivity contribution is 7.89. The van der Waals surface area contributed by atoms with Crippen LogP contribution >= 0.6 is 0 Å². The Morgan fingerprint density at radius 3 is 2.43 bits per heavy atom. The second-order valence-corrected chi connectivity index (χ2v) is 7.44. The van der Waals surface area contributed by atoms with Gasteiger partial charge in [0.2, 0.25) is 10.0 Å². The van der Waals surface area contributed by atoms with Crippen molar-refractivity contribution >= 4 is 15.7 Å². The number of aryl methyl sites for hydroxylation is 2. The van der Waals surface area contributed by atoms with Crippen molar-refractivity contribution in [1.82, 2.24) is 4.72 Å². The van der Waals surface area contributed by atoms with E-state index in [0.717, 1.165) is 19.3 Å². The van der Waals surface area contributed by atoms with E-state index < -0.39 is 10.0 Å². The highest BCUT2D eigenvalue weighted by Gasteiger charge is 2.19. The standard InChI is InChI=1S/C16H24N2O2S/c1-12-10-15(17)11-13(2)16(12)21(19,20)18-9-8-14-6-4-3-5-7-14/h6,10-11,18H,3-5,7-9,17H2,1-2H3. The fourth-order valence-corrected chi connectivity index (χ4v) is 4.44. The highest BCUT2D eigenvalue weighted by atomic mass is 32.2. The van der Waals surface area contributed by atoms with E-state index in [0.29, 0.717) is 28.3 Å². The number of nitrogens with one attached hydrogen (secondary N) is 1. The summed E-state index contributed by atoms with van der Waals surface area (Å²) in [6.45, 7) is 4.01. The largest absolute Gasteiger partial charge is 0.399 e. The van der Waals surface area contributed by atoms with Gasteiger partial charge in [-0.3, -0.25) is 0 Å². The summed E-state index contributed by atoms with van der Waals surface area (Å²) in [5, 5.41) is 0. The van der Waals surface area contributed by atoms with Gasteiger partial charge in [0, 0.05) is 12.2 Å². The van der Waals surface area contributed by atoms with Gasteiger partial charge in [-0.1, -0.05) is 11.6 Å². The molecule has 0 radical (unpaired) electrons. The van der Waals surface area contributed by atoms with Gasteiger partial charge in [0.05, 0.1) is 4.90 Å². The van der Waals surface area contributed by atoms with Crippen LogP contribution in [0.1, 0.15) is 43.2 Å². The predicted octanol–water partition coefficient (Wildman–Crippen LogP) is 3.05. The number of rotatable bonds is 5. The summed E-state index contributed by atoms with van der Waals surface area (Å²) in [7, 11) is -3.47. The quantitative estimate of drug-likeness (QED) is 0.648. The molecule has 4 nitrogen and oxygen atoms in total. The number of sulfonamides is 1. The van der Waals surface area contributed by atoms with Crippen LogP contribution in [0.5, 0.6) is 0 Å². The van der Waals surface area contributed by atoms with Crippen LogP contribution in [0.25, 0.3) is 0 Å². The molecule has 0 fully saturated rings. The number of benzene rings is 1. The molecule has 0 aromatic heterocycles. The van der Waals surface area contributed by atoms with Gasteiger partial charge in [0.25, 0.3) is 0 Å². The minimum atomic E-state index is -3.47. The Bertz CT molecular complexity index is 625. The molecule has 0 aliphatic heterocycles. The summed E-state index contributed by atoms with van der Waals surface area (Å²) in [6.07, 6.45) is 7.73. The van der Waals surface area contributed by atoms with E-state index >= 15 is 0 Å². The molecule has 2 rings (SSSR count). The molecule has 5 heteroatoms. The minimum absolute atomic E-state index is 0.356. The van der Waals surface area contributed by atoms with Crippen LogP contribution < -0.4 is 10.5 Å².